The van der Waals surface area contributed by atoms with Crippen molar-refractivity contribution >= 4 is 57.8 Å². The lowest BCUT2D eigenvalue weighted by molar-refractivity contribution is 1.01. The summed E-state index contributed by atoms with van der Waals surface area (Å²) in [6, 6.07) is 38.7. The van der Waals surface area contributed by atoms with Crippen LogP contribution in [0, 0.1) is 6.92 Å². The van der Waals surface area contributed by atoms with Crippen molar-refractivity contribution in [2.75, 3.05) is 16.8 Å². The minimum absolute atomic E-state index is 0.755. The molecule has 0 atom stereocenters. The first-order valence-electron chi connectivity index (χ1n) is 15.9. The van der Waals surface area contributed by atoms with Gasteiger partial charge in [-0.2, -0.15) is 0 Å². The zero-order valence-corrected chi connectivity index (χ0v) is 27.5. The van der Waals surface area contributed by atoms with Gasteiger partial charge in [-0.3, -0.25) is 0 Å². The number of rotatable bonds is 7. The number of aryl methyl sites for hydroxylation is 1. The molecule has 0 N–H and O–H groups in total. The molecule has 1 aromatic heterocycles. The van der Waals surface area contributed by atoms with E-state index in [1.165, 1.54) is 11.1 Å². The maximum Gasteiger partial charge on any atom is 0.0488 e. The molecule has 0 saturated carbocycles. The fourth-order valence-electron chi connectivity index (χ4n) is 6.60. The first-order chi connectivity index (χ1) is 22.6. The highest BCUT2D eigenvalue weighted by Gasteiger charge is 2.25. The van der Waals surface area contributed by atoms with Crippen molar-refractivity contribution in [3.63, 3.8) is 0 Å². The predicted octanol–water partition coefficient (Wildman–Crippen LogP) is 9.61. The fraction of sp³-hybridized carbons (Fsp3) is 0.0909. The van der Waals surface area contributed by atoms with E-state index < -0.39 is 0 Å². The average molecular weight is 610 g/mol. The van der Waals surface area contributed by atoms with Crippen molar-refractivity contribution in [1.82, 2.24) is 4.57 Å². The summed E-state index contributed by atoms with van der Waals surface area (Å²) in [6.07, 6.45) is 0. The summed E-state index contributed by atoms with van der Waals surface area (Å²) in [4.78, 5) is 4.47. The molecular formula is C44H39N3. The second kappa shape index (κ2) is 11.5. The molecule has 7 rings (SSSR count). The second-order valence-corrected chi connectivity index (χ2v) is 12.6. The Morgan fingerprint density at radius 1 is 0.638 bits per heavy atom. The molecule has 0 amide bonds. The van der Waals surface area contributed by atoms with E-state index in [1.807, 2.05) is 6.92 Å². The quantitative estimate of drug-likeness (QED) is 0.179. The first kappa shape index (κ1) is 29.9. The molecule has 47 heavy (non-hydrogen) atoms. The van der Waals surface area contributed by atoms with Gasteiger partial charge < -0.3 is 14.4 Å². The van der Waals surface area contributed by atoms with Crippen LogP contribution in [0.3, 0.4) is 0 Å². The Labute approximate surface area is 277 Å². The van der Waals surface area contributed by atoms with Crippen LogP contribution in [0.1, 0.15) is 40.3 Å². The van der Waals surface area contributed by atoms with Crippen LogP contribution in [-0.2, 0) is 6.54 Å². The average Bonchev–Trinajstić information content (AvgIpc) is 3.55. The monoisotopic (exact) mass is 609 g/mol. The van der Waals surface area contributed by atoms with Crippen molar-refractivity contribution in [2.45, 2.75) is 20.4 Å². The van der Waals surface area contributed by atoms with Gasteiger partial charge in [0.15, 0.2) is 0 Å². The van der Waals surface area contributed by atoms with E-state index in [0.29, 0.717) is 0 Å². The van der Waals surface area contributed by atoms with Crippen LogP contribution < -0.4 is 20.5 Å². The van der Waals surface area contributed by atoms with Crippen molar-refractivity contribution in [1.29, 1.82) is 0 Å². The van der Waals surface area contributed by atoms with Gasteiger partial charge in [-0.1, -0.05) is 92.6 Å². The van der Waals surface area contributed by atoms with Gasteiger partial charge in [0.25, 0.3) is 0 Å². The van der Waals surface area contributed by atoms with Crippen LogP contribution in [0.15, 0.2) is 129 Å². The Morgan fingerprint density at radius 2 is 1.13 bits per heavy atom. The number of anilines is 3. The number of hydrogen-bond acceptors (Lipinski definition) is 2. The number of allylic oxidation sites excluding steroid dienone is 1. The Hall–Kier alpha value is -5.80. The van der Waals surface area contributed by atoms with Crippen LogP contribution >= 0.6 is 0 Å². The lowest BCUT2D eigenvalue weighted by Gasteiger charge is -2.21. The SMILES string of the molecule is C=C(C)c1ccc(-n2c(=C)c3cc4c(cc3c2=C)C(=C)N(c2ccc(C(=C)c3ccc(N(C)c5ccc(C)cc5)cc3)cc2)C4)cc1. The van der Waals surface area contributed by atoms with Gasteiger partial charge in [0.05, 0.1) is 0 Å². The highest BCUT2D eigenvalue weighted by molar-refractivity contribution is 5.94. The minimum Gasteiger partial charge on any atom is -0.345 e. The highest BCUT2D eigenvalue weighted by atomic mass is 15.2. The molecule has 2 heterocycles. The Morgan fingerprint density at radius 3 is 1.70 bits per heavy atom. The first-order valence-corrected chi connectivity index (χ1v) is 15.9. The van der Waals surface area contributed by atoms with Crippen molar-refractivity contribution in [2.24, 2.45) is 0 Å². The van der Waals surface area contributed by atoms with Gasteiger partial charge in [-0.25, -0.2) is 0 Å². The molecule has 6 aromatic rings. The van der Waals surface area contributed by atoms with E-state index in [-0.39, 0.29) is 0 Å². The van der Waals surface area contributed by atoms with Crippen LogP contribution in [-0.4, -0.2) is 11.6 Å². The van der Waals surface area contributed by atoms with Crippen molar-refractivity contribution in [3.05, 3.63) is 173 Å². The smallest absolute Gasteiger partial charge is 0.0488 e. The fourth-order valence-corrected chi connectivity index (χ4v) is 6.60. The molecule has 230 valence electrons. The molecule has 0 unspecified atom stereocenters. The van der Waals surface area contributed by atoms with Crippen molar-refractivity contribution in [3.8, 4) is 5.69 Å². The lowest BCUT2D eigenvalue weighted by Crippen LogP contribution is -2.22. The Kier molecular flexibility index (Phi) is 7.33. The molecule has 0 radical (unpaired) electrons. The van der Waals surface area contributed by atoms with Gasteiger partial charge in [0.1, 0.15) is 0 Å². The molecular weight excluding hydrogens is 571 g/mol. The molecule has 0 spiro atoms. The summed E-state index contributed by atoms with van der Waals surface area (Å²) in [5.74, 6) is 0. The second-order valence-electron chi connectivity index (χ2n) is 12.6. The summed E-state index contributed by atoms with van der Waals surface area (Å²) >= 11 is 0. The number of fused-ring (bicyclic) bond motifs is 2. The molecule has 0 saturated heterocycles. The molecule has 3 nitrogen and oxygen atoms in total. The summed E-state index contributed by atoms with van der Waals surface area (Å²) in [6.45, 7) is 26.8. The normalized spacial score (nSPS) is 12.4. The van der Waals surface area contributed by atoms with Gasteiger partial charge >= 0.3 is 0 Å². The summed E-state index contributed by atoms with van der Waals surface area (Å²) in [7, 11) is 2.09. The maximum atomic E-state index is 4.51. The molecule has 1 aliphatic heterocycles. The molecule has 0 bridgehead atoms. The van der Waals surface area contributed by atoms with Gasteiger partial charge in [-0.15, -0.1) is 0 Å². The summed E-state index contributed by atoms with van der Waals surface area (Å²) < 4.78 is 2.14. The summed E-state index contributed by atoms with van der Waals surface area (Å²) in [5, 5.41) is 4.09. The Balaban J connectivity index is 1.10. The van der Waals surface area contributed by atoms with E-state index in [2.05, 4.69) is 170 Å². The highest BCUT2D eigenvalue weighted by Crippen LogP contribution is 2.38. The maximum absolute atomic E-state index is 4.51. The van der Waals surface area contributed by atoms with Crippen LogP contribution in [0.5, 0.6) is 0 Å². The molecule has 3 heteroatoms. The largest absolute Gasteiger partial charge is 0.345 e. The van der Waals surface area contributed by atoms with Gasteiger partial charge in [0.2, 0.25) is 0 Å². The molecule has 0 fully saturated rings. The van der Waals surface area contributed by atoms with E-state index >= 15 is 0 Å². The predicted molar refractivity (Wildman–Crippen MR) is 204 cm³/mol. The van der Waals surface area contributed by atoms with Crippen LogP contribution in [0.2, 0.25) is 0 Å². The van der Waals surface area contributed by atoms with E-state index in [4.69, 9.17) is 0 Å². The molecule has 0 aliphatic carbocycles. The van der Waals surface area contributed by atoms with E-state index in [0.717, 1.165) is 89.9 Å². The third-order valence-electron chi connectivity index (χ3n) is 9.54. The van der Waals surface area contributed by atoms with Gasteiger partial charge in [-0.05, 0) is 102 Å². The zero-order chi connectivity index (χ0) is 33.0. The van der Waals surface area contributed by atoms with Crippen LogP contribution in [0.4, 0.5) is 17.1 Å². The third-order valence-corrected chi connectivity index (χ3v) is 9.54. The Bertz CT molecular complexity index is 2300. The molecule has 1 aliphatic rings. The van der Waals surface area contributed by atoms with Crippen LogP contribution in [0.25, 0.3) is 46.5 Å². The standard InChI is InChI=1S/C44H39N3/c1-28(2)34-11-23-41(24-12-34)47-32(6)43-25-37-27-46(31(5)42(37)26-44(43)33(47)7)40-21-15-36(16-22-40)30(4)35-13-19-39(20-14-35)45(8)38-17-9-29(3)10-18-38/h9-26H,1,4-7,27H2,2-3,8H3. The topological polar surface area (TPSA) is 11.4 Å². The lowest BCUT2D eigenvalue weighted by atomic mass is 9.99. The van der Waals surface area contributed by atoms with Gasteiger partial charge in [0, 0.05) is 69.1 Å². The zero-order valence-electron chi connectivity index (χ0n) is 27.5. The minimum atomic E-state index is 0.755. The van der Waals surface area contributed by atoms with E-state index in [9.17, 15) is 0 Å². The number of hydrogen-bond donors (Lipinski definition) is 0. The summed E-state index contributed by atoms with van der Waals surface area (Å²) in [5.41, 5.74) is 14.5. The number of benzene rings is 5. The third kappa shape index (κ3) is 5.20. The number of nitrogens with zero attached hydrogens (tertiary/aromatic N) is 3. The van der Waals surface area contributed by atoms with Crippen molar-refractivity contribution < 1.29 is 0 Å². The van der Waals surface area contributed by atoms with E-state index in [1.54, 1.807) is 0 Å². The molecule has 5 aromatic carbocycles. The number of aromatic nitrogens is 1.